The van der Waals surface area contributed by atoms with E-state index in [9.17, 15) is 13.2 Å². The first-order valence-electron chi connectivity index (χ1n) is 11.0. The van der Waals surface area contributed by atoms with Crippen LogP contribution in [0.25, 0.3) is 0 Å². The molecule has 2 rings (SSSR count). The molecule has 0 bridgehead atoms. The van der Waals surface area contributed by atoms with E-state index < -0.39 is 10.1 Å². The van der Waals surface area contributed by atoms with Crippen LogP contribution in [-0.4, -0.2) is 58.2 Å². The average molecular weight is 479 g/mol. The van der Waals surface area contributed by atoms with E-state index >= 15 is 0 Å². The van der Waals surface area contributed by atoms with Gasteiger partial charge in [-0.2, -0.15) is 8.42 Å². The van der Waals surface area contributed by atoms with Gasteiger partial charge in [-0.3, -0.25) is 8.98 Å². The lowest BCUT2D eigenvalue weighted by atomic mass is 9.92. The lowest BCUT2D eigenvalue weighted by Gasteiger charge is -2.30. The van der Waals surface area contributed by atoms with Crippen LogP contribution in [0.15, 0.2) is 24.8 Å². The average Bonchev–Trinajstić information content (AvgIpc) is 3.01. The first-order valence-corrected chi connectivity index (χ1v) is 13.2. The SMILES string of the molecule is C=CCOC(=O)CCCC=CC[C@@H]1[C@@H](COS(C)(=O)=O)[C@H](OC2CCCCO2)C[C@H]1Cl. The van der Waals surface area contributed by atoms with E-state index in [1.807, 2.05) is 12.2 Å². The van der Waals surface area contributed by atoms with Crippen LogP contribution < -0.4 is 0 Å². The molecule has 1 unspecified atom stereocenters. The van der Waals surface area contributed by atoms with Gasteiger partial charge < -0.3 is 14.2 Å². The summed E-state index contributed by atoms with van der Waals surface area (Å²) in [5, 5.41) is -0.139. The predicted molar refractivity (Wildman–Crippen MR) is 119 cm³/mol. The summed E-state index contributed by atoms with van der Waals surface area (Å²) in [7, 11) is -3.55. The highest BCUT2D eigenvalue weighted by molar-refractivity contribution is 7.85. The zero-order chi connectivity index (χ0) is 22.7. The fraction of sp³-hybridized carbons (Fsp3) is 0.773. The Kier molecular flexibility index (Phi) is 11.5. The van der Waals surface area contributed by atoms with Crippen LogP contribution in [0.2, 0.25) is 0 Å². The molecule has 0 aromatic rings. The van der Waals surface area contributed by atoms with Crippen LogP contribution >= 0.6 is 11.6 Å². The van der Waals surface area contributed by atoms with Crippen LogP contribution in [0.3, 0.4) is 0 Å². The molecule has 31 heavy (non-hydrogen) atoms. The number of rotatable bonds is 13. The first-order chi connectivity index (χ1) is 14.8. The Morgan fingerprint density at radius 2 is 2.06 bits per heavy atom. The monoisotopic (exact) mass is 478 g/mol. The second-order valence-electron chi connectivity index (χ2n) is 8.11. The van der Waals surface area contributed by atoms with Gasteiger partial charge in [0.05, 0.1) is 19.0 Å². The third kappa shape index (κ3) is 10.0. The molecule has 7 nitrogen and oxygen atoms in total. The Hall–Kier alpha value is -0.930. The Balaban J connectivity index is 1.87. The zero-order valence-electron chi connectivity index (χ0n) is 18.2. The van der Waals surface area contributed by atoms with Crippen LogP contribution in [0.1, 0.15) is 51.4 Å². The normalized spacial score (nSPS) is 29.3. The molecule has 0 aromatic carbocycles. The van der Waals surface area contributed by atoms with Crippen LogP contribution in [-0.2, 0) is 33.3 Å². The third-order valence-corrected chi connectivity index (χ3v) is 6.64. The van der Waals surface area contributed by atoms with Crippen LogP contribution in [0.4, 0.5) is 0 Å². The molecule has 2 fully saturated rings. The number of carbonyl (C=O) groups is 1. The molecule has 1 saturated carbocycles. The summed E-state index contributed by atoms with van der Waals surface area (Å²) in [6.07, 6.45) is 12.3. The summed E-state index contributed by atoms with van der Waals surface area (Å²) in [5.41, 5.74) is 0. The molecule has 1 aliphatic heterocycles. The number of ether oxygens (including phenoxy) is 3. The molecule has 1 saturated heterocycles. The summed E-state index contributed by atoms with van der Waals surface area (Å²) in [6, 6.07) is 0. The molecule has 0 radical (unpaired) electrons. The van der Waals surface area contributed by atoms with E-state index in [-0.39, 0.29) is 48.8 Å². The maximum atomic E-state index is 11.5. The van der Waals surface area contributed by atoms with Gasteiger partial charge in [-0.25, -0.2) is 0 Å². The van der Waals surface area contributed by atoms with E-state index in [4.69, 9.17) is 30.0 Å². The number of carbonyl (C=O) groups excluding carboxylic acids is 1. The second kappa shape index (κ2) is 13.6. The standard InChI is InChI=1S/C22H35ClO7S/c1-3-13-27-21(24)11-7-5-4-6-10-17-18(16-29-31(2,25)26)20(15-19(17)23)30-22-12-8-9-14-28-22/h3-4,6,17-20,22H,1,5,7-16H2,2H3/t17-,18-,19-,20-,22?/m1/s1. The zero-order valence-corrected chi connectivity index (χ0v) is 19.8. The Morgan fingerprint density at radius 3 is 2.74 bits per heavy atom. The fourth-order valence-electron chi connectivity index (χ4n) is 4.00. The first kappa shape index (κ1) is 26.3. The number of hydrogen-bond donors (Lipinski definition) is 0. The number of unbranched alkanes of at least 4 members (excludes halogenated alkanes) is 1. The Morgan fingerprint density at radius 1 is 1.26 bits per heavy atom. The number of alkyl halides is 1. The molecule has 0 spiro atoms. The van der Waals surface area contributed by atoms with Gasteiger partial charge in [-0.05, 0) is 50.9 Å². The van der Waals surface area contributed by atoms with Gasteiger partial charge in [0.2, 0.25) is 0 Å². The quantitative estimate of drug-likeness (QED) is 0.130. The molecule has 9 heteroatoms. The van der Waals surface area contributed by atoms with E-state index in [2.05, 4.69) is 6.58 Å². The van der Waals surface area contributed by atoms with Crippen molar-refractivity contribution < 1.29 is 31.6 Å². The maximum Gasteiger partial charge on any atom is 0.306 e. The van der Waals surface area contributed by atoms with Gasteiger partial charge in [-0.1, -0.05) is 24.8 Å². The molecule has 1 heterocycles. The number of allylic oxidation sites excluding steroid dienone is 2. The smallest absolute Gasteiger partial charge is 0.306 e. The van der Waals surface area contributed by atoms with Crippen LogP contribution in [0, 0.1) is 11.8 Å². The summed E-state index contributed by atoms with van der Waals surface area (Å²) in [4.78, 5) is 11.5. The molecule has 0 amide bonds. The maximum absolute atomic E-state index is 11.5. The van der Waals surface area contributed by atoms with Gasteiger partial charge in [0.15, 0.2) is 6.29 Å². The minimum absolute atomic E-state index is 0.0332. The molecule has 0 N–H and O–H groups in total. The highest BCUT2D eigenvalue weighted by atomic mass is 35.5. The highest BCUT2D eigenvalue weighted by Crippen LogP contribution is 2.41. The van der Waals surface area contributed by atoms with Crippen molar-refractivity contribution in [1.29, 1.82) is 0 Å². The molecule has 5 atom stereocenters. The lowest BCUT2D eigenvalue weighted by Crippen LogP contribution is -2.34. The molecular formula is C22H35ClO7S. The minimum atomic E-state index is -3.55. The molecule has 0 aromatic heterocycles. The Labute approximate surface area is 191 Å². The summed E-state index contributed by atoms with van der Waals surface area (Å²) in [6.45, 7) is 4.47. The minimum Gasteiger partial charge on any atom is -0.461 e. The van der Waals surface area contributed by atoms with Gasteiger partial charge in [-0.15, -0.1) is 11.6 Å². The van der Waals surface area contributed by atoms with Crippen LogP contribution in [0.5, 0.6) is 0 Å². The number of halogens is 1. The van der Waals surface area contributed by atoms with Gasteiger partial charge >= 0.3 is 5.97 Å². The van der Waals surface area contributed by atoms with Crippen molar-refractivity contribution in [1.82, 2.24) is 0 Å². The second-order valence-corrected chi connectivity index (χ2v) is 10.3. The van der Waals surface area contributed by atoms with Gasteiger partial charge in [0.1, 0.15) is 6.61 Å². The molecule has 2 aliphatic rings. The van der Waals surface area contributed by atoms with Gasteiger partial charge in [0, 0.05) is 24.3 Å². The predicted octanol–water partition coefficient (Wildman–Crippen LogP) is 3.96. The summed E-state index contributed by atoms with van der Waals surface area (Å²) >= 11 is 6.64. The molecule has 1 aliphatic carbocycles. The van der Waals surface area contributed by atoms with E-state index in [1.54, 1.807) is 6.08 Å². The molecule has 178 valence electrons. The number of hydrogen-bond acceptors (Lipinski definition) is 7. The van der Waals surface area contributed by atoms with Gasteiger partial charge in [0.25, 0.3) is 10.1 Å². The molecular weight excluding hydrogens is 444 g/mol. The summed E-state index contributed by atoms with van der Waals surface area (Å²) in [5.74, 6) is -0.333. The van der Waals surface area contributed by atoms with Crippen molar-refractivity contribution in [2.45, 2.75) is 69.1 Å². The van der Waals surface area contributed by atoms with Crippen molar-refractivity contribution >= 4 is 27.7 Å². The van der Waals surface area contributed by atoms with Crippen molar-refractivity contribution in [3.05, 3.63) is 24.8 Å². The highest BCUT2D eigenvalue weighted by Gasteiger charge is 2.44. The van der Waals surface area contributed by atoms with E-state index in [0.717, 1.165) is 31.9 Å². The summed E-state index contributed by atoms with van der Waals surface area (Å²) < 4.78 is 45.0. The lowest BCUT2D eigenvalue weighted by molar-refractivity contribution is -0.197. The van der Waals surface area contributed by atoms with Crippen molar-refractivity contribution in [3.8, 4) is 0 Å². The van der Waals surface area contributed by atoms with Crippen molar-refractivity contribution in [3.63, 3.8) is 0 Å². The van der Waals surface area contributed by atoms with Crippen molar-refractivity contribution in [2.75, 3.05) is 26.1 Å². The van der Waals surface area contributed by atoms with E-state index in [0.29, 0.717) is 32.3 Å². The largest absolute Gasteiger partial charge is 0.461 e. The van der Waals surface area contributed by atoms with Crippen molar-refractivity contribution in [2.24, 2.45) is 11.8 Å². The Bertz CT molecular complexity index is 688. The number of esters is 1. The van der Waals surface area contributed by atoms with E-state index in [1.165, 1.54) is 0 Å². The topological polar surface area (TPSA) is 88.1 Å². The third-order valence-electron chi connectivity index (χ3n) is 5.58. The fourth-order valence-corrected chi connectivity index (χ4v) is 4.87.